The van der Waals surface area contributed by atoms with Gasteiger partial charge in [0.05, 0.1) is 19.7 Å². The van der Waals surface area contributed by atoms with Crippen molar-refractivity contribution in [1.82, 2.24) is 4.90 Å². The second-order valence-corrected chi connectivity index (χ2v) is 8.02. The maximum absolute atomic E-state index is 13.4. The lowest BCUT2D eigenvalue weighted by atomic mass is 9.95. The van der Waals surface area contributed by atoms with E-state index >= 15 is 0 Å². The monoisotopic (exact) mass is 478 g/mol. The molecular formula is C24H19BrN2O4. The number of likely N-dealkylation sites (tertiary alicyclic amines) is 1. The molecule has 31 heavy (non-hydrogen) atoms. The molecule has 1 fully saturated rings. The number of ether oxygens (including phenoxy) is 1. The average molecular weight is 479 g/mol. The van der Waals surface area contributed by atoms with Crippen molar-refractivity contribution in [3.63, 3.8) is 0 Å². The van der Waals surface area contributed by atoms with Gasteiger partial charge < -0.3 is 14.7 Å². The molecule has 0 spiro atoms. The van der Waals surface area contributed by atoms with Crippen LogP contribution in [0.25, 0.3) is 5.76 Å². The summed E-state index contributed by atoms with van der Waals surface area (Å²) >= 11 is 3.44. The van der Waals surface area contributed by atoms with E-state index in [9.17, 15) is 14.7 Å². The van der Waals surface area contributed by atoms with Crippen LogP contribution in [0.2, 0.25) is 0 Å². The molecule has 3 aromatic rings. The minimum Gasteiger partial charge on any atom is -0.872 e. The van der Waals surface area contributed by atoms with Crippen LogP contribution in [0.5, 0.6) is 5.75 Å². The van der Waals surface area contributed by atoms with Gasteiger partial charge in [-0.3, -0.25) is 9.59 Å². The van der Waals surface area contributed by atoms with Gasteiger partial charge >= 0.3 is 0 Å². The third-order valence-corrected chi connectivity index (χ3v) is 5.64. The van der Waals surface area contributed by atoms with Crippen molar-refractivity contribution in [1.29, 1.82) is 0 Å². The third-order valence-electron chi connectivity index (χ3n) is 5.15. The van der Waals surface area contributed by atoms with E-state index in [2.05, 4.69) is 20.9 Å². The summed E-state index contributed by atoms with van der Waals surface area (Å²) in [6.07, 6.45) is 3.52. The van der Waals surface area contributed by atoms with E-state index < -0.39 is 23.5 Å². The smallest absolute Gasteiger partial charge is 0.295 e. The molecule has 6 nitrogen and oxygen atoms in total. The number of nitrogens with zero attached hydrogens (tertiary/aromatic N) is 1. The Morgan fingerprint density at radius 2 is 1.94 bits per heavy atom. The number of nitrogens with one attached hydrogen (secondary N) is 1. The van der Waals surface area contributed by atoms with Crippen molar-refractivity contribution in [2.75, 3.05) is 7.11 Å². The maximum Gasteiger partial charge on any atom is 0.295 e. The van der Waals surface area contributed by atoms with Crippen LogP contribution in [-0.2, 0) is 16.1 Å². The van der Waals surface area contributed by atoms with Crippen molar-refractivity contribution >= 4 is 33.4 Å². The first-order valence-electron chi connectivity index (χ1n) is 9.61. The molecule has 7 heteroatoms. The number of aromatic nitrogens is 1. The zero-order chi connectivity index (χ0) is 22.0. The Morgan fingerprint density at radius 1 is 1.13 bits per heavy atom. The Kier molecular flexibility index (Phi) is 5.86. The third kappa shape index (κ3) is 4.09. The van der Waals surface area contributed by atoms with Crippen molar-refractivity contribution in [3.8, 4) is 5.75 Å². The second kappa shape index (κ2) is 8.73. The van der Waals surface area contributed by atoms with Crippen molar-refractivity contribution in [2.24, 2.45) is 0 Å². The van der Waals surface area contributed by atoms with Crippen LogP contribution in [-0.4, -0.2) is 23.7 Å². The summed E-state index contributed by atoms with van der Waals surface area (Å²) < 4.78 is 6.00. The summed E-state index contributed by atoms with van der Waals surface area (Å²) in [5.74, 6) is -1.46. The minimum atomic E-state index is -0.795. The summed E-state index contributed by atoms with van der Waals surface area (Å²) in [7, 11) is 1.50. The summed E-state index contributed by atoms with van der Waals surface area (Å²) in [4.78, 5) is 30.5. The predicted octanol–water partition coefficient (Wildman–Crippen LogP) is 2.70. The largest absolute Gasteiger partial charge is 0.872 e. The van der Waals surface area contributed by atoms with Gasteiger partial charge in [-0.25, -0.2) is 4.98 Å². The topological polar surface area (TPSA) is 83.8 Å². The first-order chi connectivity index (χ1) is 15.0. The molecule has 1 aliphatic heterocycles. The number of Topliss-reactive ketones (excluding diaryl/α,β-unsaturated/α-hetero) is 1. The van der Waals surface area contributed by atoms with Gasteiger partial charge in [-0.15, -0.1) is 0 Å². The minimum absolute atomic E-state index is 0.0590. The molecule has 2 heterocycles. The van der Waals surface area contributed by atoms with Crippen LogP contribution in [0.3, 0.4) is 0 Å². The molecule has 1 aliphatic rings. The van der Waals surface area contributed by atoms with Gasteiger partial charge in [0.15, 0.2) is 12.4 Å². The van der Waals surface area contributed by atoms with E-state index in [-0.39, 0.29) is 12.1 Å². The molecule has 1 saturated heterocycles. The molecule has 0 saturated carbocycles. The highest BCUT2D eigenvalue weighted by molar-refractivity contribution is 9.10. The zero-order valence-electron chi connectivity index (χ0n) is 16.7. The zero-order valence-corrected chi connectivity index (χ0v) is 18.3. The van der Waals surface area contributed by atoms with Crippen LogP contribution in [0.15, 0.2) is 83.1 Å². The number of hydrogen-bond acceptors (Lipinski definition) is 4. The highest BCUT2D eigenvalue weighted by atomic mass is 79.9. The number of ketones is 1. The summed E-state index contributed by atoms with van der Waals surface area (Å²) in [5, 5.41) is 13.4. The van der Waals surface area contributed by atoms with Crippen LogP contribution >= 0.6 is 15.9 Å². The first kappa shape index (κ1) is 20.8. The number of methoxy groups -OCH3 is 1. The highest BCUT2D eigenvalue weighted by Crippen LogP contribution is 2.40. The Hall–Kier alpha value is -3.45. The number of H-pyrrole nitrogens is 1. The van der Waals surface area contributed by atoms with Gasteiger partial charge in [0.2, 0.25) is 5.78 Å². The number of aromatic amines is 1. The van der Waals surface area contributed by atoms with Gasteiger partial charge in [-0.05, 0) is 41.5 Å². The molecule has 0 bridgehead atoms. The number of hydrogen-bond donors (Lipinski definition) is 0. The first-order valence-corrected chi connectivity index (χ1v) is 10.4. The molecule has 0 radical (unpaired) electrons. The van der Waals surface area contributed by atoms with E-state index in [1.165, 1.54) is 12.0 Å². The van der Waals surface area contributed by atoms with E-state index in [0.717, 1.165) is 10.0 Å². The van der Waals surface area contributed by atoms with Crippen LogP contribution in [0.4, 0.5) is 0 Å². The number of halogens is 1. The molecule has 1 amide bonds. The quantitative estimate of drug-likeness (QED) is 0.320. The summed E-state index contributed by atoms with van der Waals surface area (Å²) in [5.41, 5.74) is 1.74. The summed E-state index contributed by atoms with van der Waals surface area (Å²) in [6, 6.07) is 16.7. The van der Waals surface area contributed by atoms with E-state index in [0.29, 0.717) is 16.9 Å². The normalized spacial score (nSPS) is 17.7. The van der Waals surface area contributed by atoms with Crippen molar-refractivity contribution in [3.05, 3.63) is 99.8 Å². The average Bonchev–Trinajstić information content (AvgIpc) is 3.04. The number of amides is 1. The van der Waals surface area contributed by atoms with Crippen molar-refractivity contribution in [2.45, 2.75) is 12.6 Å². The molecule has 1 aromatic heterocycles. The Labute approximate surface area is 187 Å². The fraction of sp³-hybridized carbons (Fsp3) is 0.125. The number of carbonyl (C=O) groups excluding carboxylic acids is 2. The van der Waals surface area contributed by atoms with Gasteiger partial charge in [-0.1, -0.05) is 46.0 Å². The number of pyridine rings is 1. The van der Waals surface area contributed by atoms with E-state index in [1.807, 2.05) is 36.4 Å². The molecule has 1 atom stereocenters. The van der Waals surface area contributed by atoms with Crippen LogP contribution in [0.1, 0.15) is 22.7 Å². The highest BCUT2D eigenvalue weighted by Gasteiger charge is 2.44. The van der Waals surface area contributed by atoms with Crippen molar-refractivity contribution < 1.29 is 24.4 Å². The van der Waals surface area contributed by atoms with Crippen LogP contribution < -0.4 is 14.8 Å². The Morgan fingerprint density at radius 3 is 2.65 bits per heavy atom. The lowest BCUT2D eigenvalue weighted by Gasteiger charge is -2.27. The van der Waals surface area contributed by atoms with E-state index in [1.54, 1.807) is 36.7 Å². The maximum atomic E-state index is 13.4. The van der Waals surface area contributed by atoms with Gasteiger partial charge in [0, 0.05) is 21.7 Å². The number of benzene rings is 2. The standard InChI is InChI=1S/C24H19BrN2O4/c1-31-19-9-3-7-17(12-19)22(28)20-21(16-6-2-8-18(25)11-16)27(24(30)23(20)29)14-15-5-4-10-26-13-15/h2-13,21,28H,14H2,1H3. The lowest BCUT2D eigenvalue weighted by Crippen LogP contribution is -2.29. The molecule has 4 rings (SSSR count). The molecule has 1 unspecified atom stereocenters. The van der Waals surface area contributed by atoms with Gasteiger partial charge in [-0.2, -0.15) is 0 Å². The lowest BCUT2D eigenvalue weighted by molar-refractivity contribution is -0.378. The Balaban J connectivity index is 1.87. The summed E-state index contributed by atoms with van der Waals surface area (Å²) in [6.45, 7) is 0.188. The van der Waals surface area contributed by atoms with E-state index in [4.69, 9.17) is 4.74 Å². The molecule has 1 N–H and O–H groups in total. The van der Waals surface area contributed by atoms with Crippen LogP contribution in [0, 0.1) is 0 Å². The molecule has 156 valence electrons. The fourth-order valence-electron chi connectivity index (χ4n) is 3.70. The van der Waals surface area contributed by atoms with Gasteiger partial charge in [0.1, 0.15) is 5.75 Å². The number of rotatable bonds is 5. The Bertz CT molecular complexity index is 1180. The molecular weight excluding hydrogens is 460 g/mol. The fourth-order valence-corrected chi connectivity index (χ4v) is 4.12. The second-order valence-electron chi connectivity index (χ2n) is 7.11. The number of carbonyl (C=O) groups is 2. The van der Waals surface area contributed by atoms with Gasteiger partial charge in [0.25, 0.3) is 5.91 Å². The SMILES string of the molecule is COc1cccc(C([O-])=C2C(=O)C(=O)N(Cc3ccc[nH+]c3)C2c2cccc(Br)c2)c1. The molecule has 0 aliphatic carbocycles. The molecule has 2 aromatic carbocycles. The predicted molar refractivity (Wildman–Crippen MR) is 115 cm³/mol.